The van der Waals surface area contributed by atoms with E-state index in [-0.39, 0.29) is 11.9 Å². The molecule has 3 rings (SSSR count). The minimum absolute atomic E-state index is 0.167. The molecule has 1 aromatic carbocycles. The minimum atomic E-state index is -0.192. The van der Waals surface area contributed by atoms with Crippen molar-refractivity contribution in [2.75, 3.05) is 26.2 Å². The topological polar surface area (TPSA) is 28.2 Å². The molecule has 1 saturated heterocycles. The molecule has 3 nitrogen and oxygen atoms in total. The van der Waals surface area contributed by atoms with E-state index in [1.54, 1.807) is 0 Å². The van der Waals surface area contributed by atoms with Crippen LogP contribution in [0.2, 0.25) is 0 Å². The van der Waals surface area contributed by atoms with Crippen LogP contribution in [0.4, 0.5) is 4.39 Å². The average molecular weight is 271 g/mol. The molecule has 0 aliphatic carbocycles. The molecule has 0 saturated carbocycles. The van der Waals surface area contributed by atoms with E-state index in [1.165, 1.54) is 17.7 Å². The molecule has 0 spiro atoms. The van der Waals surface area contributed by atoms with E-state index in [0.29, 0.717) is 0 Å². The van der Waals surface area contributed by atoms with Crippen LogP contribution in [0.3, 0.4) is 0 Å². The van der Waals surface area contributed by atoms with Gasteiger partial charge >= 0.3 is 0 Å². The lowest BCUT2D eigenvalue weighted by atomic mass is 9.97. The van der Waals surface area contributed by atoms with Gasteiger partial charge in [0.15, 0.2) is 0 Å². The number of aromatic nitrogens is 1. The molecule has 0 bridgehead atoms. The number of benzene rings is 1. The lowest BCUT2D eigenvalue weighted by molar-refractivity contribution is 0.198. The summed E-state index contributed by atoms with van der Waals surface area (Å²) >= 11 is 0. The zero-order valence-corrected chi connectivity index (χ0v) is 11.3. The number of halogens is 1. The third-order valence-electron chi connectivity index (χ3n) is 3.72. The van der Waals surface area contributed by atoms with Gasteiger partial charge in [-0.25, -0.2) is 4.39 Å². The maximum atomic E-state index is 13.2. The van der Waals surface area contributed by atoms with Gasteiger partial charge in [-0.15, -0.1) is 0 Å². The summed E-state index contributed by atoms with van der Waals surface area (Å²) in [5, 5.41) is 3.37. The second-order valence-electron chi connectivity index (χ2n) is 5.02. The van der Waals surface area contributed by atoms with Crippen molar-refractivity contribution < 1.29 is 4.39 Å². The Kier molecular flexibility index (Phi) is 4.04. The molecule has 1 aromatic heterocycles. The first-order valence-electron chi connectivity index (χ1n) is 6.95. The highest BCUT2D eigenvalue weighted by atomic mass is 19.1. The molecule has 1 atom stereocenters. The predicted octanol–water partition coefficient (Wildman–Crippen LogP) is 2.22. The van der Waals surface area contributed by atoms with Crippen LogP contribution < -0.4 is 5.32 Å². The van der Waals surface area contributed by atoms with Gasteiger partial charge in [0.05, 0.1) is 6.04 Å². The molecular weight excluding hydrogens is 253 g/mol. The van der Waals surface area contributed by atoms with Gasteiger partial charge in [0.2, 0.25) is 0 Å². The van der Waals surface area contributed by atoms with Crippen LogP contribution in [0, 0.1) is 5.82 Å². The van der Waals surface area contributed by atoms with Crippen LogP contribution >= 0.6 is 0 Å². The lowest BCUT2D eigenvalue weighted by Gasteiger charge is -2.35. The van der Waals surface area contributed by atoms with Crippen molar-refractivity contribution >= 4 is 0 Å². The first-order valence-corrected chi connectivity index (χ1v) is 6.95. The van der Waals surface area contributed by atoms with Gasteiger partial charge < -0.3 is 5.32 Å². The van der Waals surface area contributed by atoms with Crippen LogP contribution in [0.5, 0.6) is 0 Å². The van der Waals surface area contributed by atoms with Gasteiger partial charge in [0.1, 0.15) is 5.82 Å². The molecule has 1 aliphatic rings. The molecule has 20 heavy (non-hydrogen) atoms. The molecule has 4 heteroatoms. The van der Waals surface area contributed by atoms with Gasteiger partial charge in [-0.3, -0.25) is 9.88 Å². The Balaban J connectivity index is 1.96. The van der Waals surface area contributed by atoms with Crippen LogP contribution in [0.25, 0.3) is 0 Å². The first kappa shape index (κ1) is 13.2. The van der Waals surface area contributed by atoms with E-state index in [9.17, 15) is 4.39 Å². The number of rotatable bonds is 3. The van der Waals surface area contributed by atoms with Crippen molar-refractivity contribution in [1.29, 1.82) is 0 Å². The van der Waals surface area contributed by atoms with E-state index in [1.807, 2.05) is 36.7 Å². The standard InChI is InChI=1S/C16H18FN3/c17-15-3-1-13(2-4-15)16(14-5-7-18-8-6-14)20-11-9-19-10-12-20/h1-8,16,19H,9-12H2. The average Bonchev–Trinajstić information content (AvgIpc) is 2.52. The smallest absolute Gasteiger partial charge is 0.123 e. The van der Waals surface area contributed by atoms with Crippen LogP contribution in [0.1, 0.15) is 17.2 Å². The normalized spacial score (nSPS) is 17.9. The summed E-state index contributed by atoms with van der Waals surface area (Å²) in [6.45, 7) is 3.96. The van der Waals surface area contributed by atoms with Gasteiger partial charge in [-0.2, -0.15) is 0 Å². The van der Waals surface area contributed by atoms with Gasteiger partial charge in [-0.1, -0.05) is 12.1 Å². The van der Waals surface area contributed by atoms with Gasteiger partial charge in [-0.05, 0) is 35.4 Å². The fraction of sp³-hybridized carbons (Fsp3) is 0.312. The zero-order chi connectivity index (χ0) is 13.8. The Labute approximate surface area is 118 Å². The molecular formula is C16H18FN3. The highest BCUT2D eigenvalue weighted by Gasteiger charge is 2.23. The van der Waals surface area contributed by atoms with E-state index < -0.39 is 0 Å². The van der Waals surface area contributed by atoms with Crippen molar-refractivity contribution in [3.63, 3.8) is 0 Å². The number of hydrogen-bond acceptors (Lipinski definition) is 3. The number of hydrogen-bond donors (Lipinski definition) is 1. The van der Waals surface area contributed by atoms with E-state index >= 15 is 0 Å². The maximum Gasteiger partial charge on any atom is 0.123 e. The number of nitrogens with zero attached hydrogens (tertiary/aromatic N) is 2. The van der Waals surface area contributed by atoms with Crippen LogP contribution in [0.15, 0.2) is 48.8 Å². The van der Waals surface area contributed by atoms with Crippen molar-refractivity contribution in [2.45, 2.75) is 6.04 Å². The number of piperazine rings is 1. The van der Waals surface area contributed by atoms with Crippen LogP contribution in [-0.4, -0.2) is 36.1 Å². The van der Waals surface area contributed by atoms with E-state index in [2.05, 4.69) is 15.2 Å². The van der Waals surface area contributed by atoms with Crippen molar-refractivity contribution in [3.8, 4) is 0 Å². The van der Waals surface area contributed by atoms with Crippen LogP contribution in [-0.2, 0) is 0 Å². The Morgan fingerprint density at radius 2 is 1.55 bits per heavy atom. The summed E-state index contributed by atoms with van der Waals surface area (Å²) in [6.07, 6.45) is 3.63. The fourth-order valence-electron chi connectivity index (χ4n) is 2.75. The second kappa shape index (κ2) is 6.11. The summed E-state index contributed by atoms with van der Waals surface area (Å²) in [5.74, 6) is -0.192. The van der Waals surface area contributed by atoms with Crippen molar-refractivity contribution in [1.82, 2.24) is 15.2 Å². The molecule has 0 amide bonds. The fourth-order valence-corrected chi connectivity index (χ4v) is 2.75. The third kappa shape index (κ3) is 2.86. The Morgan fingerprint density at radius 3 is 2.20 bits per heavy atom. The largest absolute Gasteiger partial charge is 0.314 e. The highest BCUT2D eigenvalue weighted by Crippen LogP contribution is 2.28. The monoisotopic (exact) mass is 271 g/mol. The zero-order valence-electron chi connectivity index (χ0n) is 11.3. The number of pyridine rings is 1. The SMILES string of the molecule is Fc1ccc(C(c2ccncc2)N2CCNCC2)cc1. The lowest BCUT2D eigenvalue weighted by Crippen LogP contribution is -2.45. The Hall–Kier alpha value is -1.78. The molecule has 0 radical (unpaired) electrons. The van der Waals surface area contributed by atoms with Crippen molar-refractivity contribution in [2.24, 2.45) is 0 Å². The molecule has 104 valence electrons. The van der Waals surface area contributed by atoms with Gasteiger partial charge in [0, 0.05) is 38.6 Å². The second-order valence-corrected chi connectivity index (χ2v) is 5.02. The molecule has 1 N–H and O–H groups in total. The minimum Gasteiger partial charge on any atom is -0.314 e. The number of nitrogens with one attached hydrogen (secondary N) is 1. The first-order chi connectivity index (χ1) is 9.84. The van der Waals surface area contributed by atoms with Gasteiger partial charge in [0.25, 0.3) is 0 Å². The van der Waals surface area contributed by atoms with E-state index in [4.69, 9.17) is 0 Å². The summed E-state index contributed by atoms with van der Waals surface area (Å²) in [4.78, 5) is 6.52. The maximum absolute atomic E-state index is 13.2. The molecule has 2 heterocycles. The summed E-state index contributed by atoms with van der Waals surface area (Å²) < 4.78 is 13.2. The molecule has 1 aliphatic heterocycles. The Bertz CT molecular complexity index is 535. The molecule has 1 fully saturated rings. The molecule has 1 unspecified atom stereocenters. The summed E-state index contributed by atoms with van der Waals surface area (Å²) in [6, 6.07) is 11.1. The summed E-state index contributed by atoms with van der Waals surface area (Å²) in [5.41, 5.74) is 2.33. The summed E-state index contributed by atoms with van der Waals surface area (Å²) in [7, 11) is 0. The predicted molar refractivity (Wildman–Crippen MR) is 76.9 cm³/mol. The quantitative estimate of drug-likeness (QED) is 0.927. The Morgan fingerprint density at radius 1 is 0.950 bits per heavy atom. The third-order valence-corrected chi connectivity index (χ3v) is 3.72. The highest BCUT2D eigenvalue weighted by molar-refractivity contribution is 5.31. The van der Waals surface area contributed by atoms with Crippen molar-refractivity contribution in [3.05, 3.63) is 65.7 Å². The van der Waals surface area contributed by atoms with E-state index in [0.717, 1.165) is 31.7 Å². The molecule has 2 aromatic rings.